The number of hydrogen-bond donors (Lipinski definition) is 0. The first-order valence-corrected chi connectivity index (χ1v) is 20.1. The smallest absolute Gasteiger partial charge is 0.135 e. The number of nitrogens with zero attached hydrogens (tertiary/aromatic N) is 4. The Morgan fingerprint density at radius 3 is 1.76 bits per heavy atom. The fourth-order valence-corrected chi connectivity index (χ4v) is 7.57. The minimum atomic E-state index is -0.0258. The summed E-state index contributed by atoms with van der Waals surface area (Å²) >= 11 is 0. The Morgan fingerprint density at radius 1 is 0.534 bits per heavy atom. The summed E-state index contributed by atoms with van der Waals surface area (Å²) in [6.07, 6.45) is 1.92. The molecule has 5 aromatic carbocycles. The third-order valence-corrected chi connectivity index (χ3v) is 11.1. The molecule has 0 saturated carbocycles. The first-order chi connectivity index (χ1) is 26.8. The number of para-hydroxylation sites is 2. The molecule has 2 aromatic heterocycles. The molecule has 0 N–H and O–H groups in total. The molecule has 3 heterocycles. The van der Waals surface area contributed by atoms with Crippen molar-refractivity contribution in [2.75, 3.05) is 9.80 Å². The summed E-state index contributed by atoms with van der Waals surface area (Å²) in [5.41, 5.74) is 11.4. The summed E-state index contributed by atoms with van der Waals surface area (Å²) < 4.78 is 8.88. The van der Waals surface area contributed by atoms with Crippen LogP contribution in [0.4, 0.5) is 22.7 Å². The van der Waals surface area contributed by atoms with Crippen LogP contribution in [0.2, 0.25) is 0 Å². The molecule has 1 aliphatic heterocycles. The van der Waals surface area contributed by atoms with Crippen LogP contribution >= 0.6 is 0 Å². The Hall–Kier alpha value is -4.86. The van der Waals surface area contributed by atoms with Crippen LogP contribution in [-0.2, 0) is 42.7 Å². The van der Waals surface area contributed by atoms with Gasteiger partial charge in [-0.1, -0.05) is 119 Å². The van der Waals surface area contributed by atoms with Crippen molar-refractivity contribution in [2.24, 2.45) is 0 Å². The number of fused-ring (bicyclic) bond motifs is 4. The van der Waals surface area contributed by atoms with Gasteiger partial charge in [-0.2, -0.15) is 12.1 Å². The van der Waals surface area contributed by atoms with Gasteiger partial charge in [0, 0.05) is 61.3 Å². The molecular weight excluding hydrogens is 892 g/mol. The van der Waals surface area contributed by atoms with Crippen molar-refractivity contribution in [1.82, 2.24) is 9.55 Å². The van der Waals surface area contributed by atoms with E-state index in [2.05, 4.69) is 201 Å². The van der Waals surface area contributed by atoms with Gasteiger partial charge in [0.1, 0.15) is 5.82 Å². The van der Waals surface area contributed by atoms with Crippen molar-refractivity contribution < 1.29 is 25.8 Å². The van der Waals surface area contributed by atoms with Crippen LogP contribution in [0, 0.1) is 18.8 Å². The summed E-state index contributed by atoms with van der Waals surface area (Å²) in [5.74, 6) is 2.10. The van der Waals surface area contributed by atoms with E-state index in [1.54, 1.807) is 0 Å². The number of ether oxygens (including phenoxy) is 1. The van der Waals surface area contributed by atoms with Crippen LogP contribution in [0.5, 0.6) is 11.5 Å². The molecule has 6 heteroatoms. The second kappa shape index (κ2) is 14.8. The second-order valence-corrected chi connectivity index (χ2v) is 19.7. The average molecular weight is 947 g/mol. The van der Waals surface area contributed by atoms with Crippen LogP contribution in [0.15, 0.2) is 109 Å². The van der Waals surface area contributed by atoms with E-state index in [4.69, 9.17) is 9.72 Å². The van der Waals surface area contributed by atoms with Crippen LogP contribution in [0.3, 0.4) is 0 Å². The van der Waals surface area contributed by atoms with Crippen molar-refractivity contribution in [3.05, 3.63) is 150 Å². The minimum Gasteiger partial charge on any atom is -0.509 e. The number of aromatic nitrogens is 2. The number of benzene rings is 5. The Labute approximate surface area is 360 Å². The molecule has 302 valence electrons. The van der Waals surface area contributed by atoms with Gasteiger partial charge in [-0.05, 0) is 91.8 Å². The van der Waals surface area contributed by atoms with Crippen molar-refractivity contribution >= 4 is 44.6 Å². The van der Waals surface area contributed by atoms with Gasteiger partial charge >= 0.3 is 0 Å². The molecule has 0 saturated heterocycles. The minimum absolute atomic E-state index is 0. The fourth-order valence-electron chi connectivity index (χ4n) is 7.57. The maximum absolute atomic E-state index is 6.64. The van der Waals surface area contributed by atoms with E-state index in [1.165, 1.54) is 22.3 Å². The molecule has 0 amide bonds. The Balaban J connectivity index is 0.00000512. The second-order valence-electron chi connectivity index (χ2n) is 19.7. The number of hydrogen-bond acceptors (Lipinski definition) is 4. The van der Waals surface area contributed by atoms with Crippen molar-refractivity contribution in [1.29, 1.82) is 0 Å². The largest absolute Gasteiger partial charge is 0.509 e. The zero-order chi connectivity index (χ0) is 40.7. The molecule has 5 nitrogen and oxygen atoms in total. The monoisotopic (exact) mass is 946 g/mol. The van der Waals surface area contributed by atoms with Gasteiger partial charge in [0.05, 0.1) is 0 Å². The molecule has 1 aliphatic rings. The van der Waals surface area contributed by atoms with E-state index in [-0.39, 0.29) is 42.7 Å². The van der Waals surface area contributed by atoms with E-state index in [1.807, 2.05) is 24.4 Å². The van der Waals surface area contributed by atoms with Crippen LogP contribution in [0.1, 0.15) is 105 Å². The van der Waals surface area contributed by atoms with Gasteiger partial charge in [0.15, 0.2) is 0 Å². The summed E-state index contributed by atoms with van der Waals surface area (Å²) in [4.78, 5) is 9.42. The molecule has 0 bridgehead atoms. The van der Waals surface area contributed by atoms with Gasteiger partial charge < -0.3 is 19.1 Å². The Kier molecular flexibility index (Phi) is 10.5. The van der Waals surface area contributed by atoms with Crippen LogP contribution in [-0.4, -0.2) is 9.55 Å². The topological polar surface area (TPSA) is 33.5 Å². The van der Waals surface area contributed by atoms with E-state index >= 15 is 0 Å². The molecule has 0 spiro atoms. The molecule has 0 fully saturated rings. The van der Waals surface area contributed by atoms with Gasteiger partial charge in [0.25, 0.3) is 0 Å². The number of rotatable bonds is 5. The fraction of sp³-hybridized carbons (Fsp3) is 0.308. The molecule has 0 radical (unpaired) electrons. The molecule has 0 atom stereocenters. The maximum atomic E-state index is 6.64. The summed E-state index contributed by atoms with van der Waals surface area (Å²) in [5, 5.41) is 2.26. The third kappa shape index (κ3) is 7.83. The zero-order valence-corrected chi connectivity index (χ0v) is 38.3. The average Bonchev–Trinajstić information content (AvgIpc) is 3.69. The standard InChI is InChI=1S/C52H55N4O.Pt/c1-49(2,3)34-20-22-42-43-23-21-41(32-47(43)56(46(42)29-34)48-30-35(24-25-53-48)50(4,5)6)57-40-17-15-16-38(31-40)54-33-55(45-19-14-13-18-44(45)54)39-27-36(51(7,8)9)26-37(28-39)52(10,11)12;/h13-30,33H,1-12H3;/q-3;. The van der Waals surface area contributed by atoms with Crippen molar-refractivity contribution in [3.8, 4) is 17.3 Å². The van der Waals surface area contributed by atoms with Gasteiger partial charge in [0.2, 0.25) is 0 Å². The quantitative estimate of drug-likeness (QED) is 0.161. The Morgan fingerprint density at radius 2 is 1.12 bits per heavy atom. The Bertz CT molecular complexity index is 2610. The molecule has 8 rings (SSSR count). The maximum Gasteiger partial charge on any atom is 0.135 e. The van der Waals surface area contributed by atoms with E-state index < -0.39 is 0 Å². The summed E-state index contributed by atoms with van der Waals surface area (Å²) in [6, 6.07) is 44.2. The predicted molar refractivity (Wildman–Crippen MR) is 239 cm³/mol. The molecule has 58 heavy (non-hydrogen) atoms. The molecule has 7 aromatic rings. The summed E-state index contributed by atoms with van der Waals surface area (Å²) in [6.45, 7) is 29.4. The normalized spacial score (nSPS) is 13.6. The van der Waals surface area contributed by atoms with Crippen LogP contribution in [0.25, 0.3) is 27.6 Å². The van der Waals surface area contributed by atoms with E-state index in [0.717, 1.165) is 50.4 Å². The molecule has 0 unspecified atom stereocenters. The van der Waals surface area contributed by atoms with Crippen molar-refractivity contribution in [3.63, 3.8) is 0 Å². The molecule has 0 aliphatic carbocycles. The first-order valence-electron chi connectivity index (χ1n) is 20.1. The van der Waals surface area contributed by atoms with Gasteiger partial charge in [-0.15, -0.1) is 48.1 Å². The SMILES string of the molecule is CC(C)(C)c1cc(N2[CH-]N(c3[c-]c(Oc4[c-]c5c(cc4)c4ccc(C(C)(C)C)cc4n5-c4cc(C(C)(C)C)ccn4)ccc3)c3ccccc32)cc(C(C)(C)C)c1.[Pt]. The van der Waals surface area contributed by atoms with Crippen LogP contribution < -0.4 is 14.5 Å². The zero-order valence-electron chi connectivity index (χ0n) is 36.0. The van der Waals surface area contributed by atoms with E-state index in [0.29, 0.717) is 11.5 Å². The van der Waals surface area contributed by atoms with Crippen molar-refractivity contribution in [2.45, 2.75) is 105 Å². The third-order valence-electron chi connectivity index (χ3n) is 11.1. The molecular formula is C52H55N4OPt-3. The number of pyridine rings is 1. The van der Waals surface area contributed by atoms with Gasteiger partial charge in [-0.25, -0.2) is 4.98 Å². The van der Waals surface area contributed by atoms with Gasteiger partial charge in [-0.3, -0.25) is 0 Å². The first kappa shape index (κ1) is 41.3. The van der Waals surface area contributed by atoms with E-state index in [9.17, 15) is 0 Å². The predicted octanol–water partition coefficient (Wildman–Crippen LogP) is 14.2. The summed E-state index contributed by atoms with van der Waals surface area (Å²) in [7, 11) is 0. The number of anilines is 4.